The van der Waals surface area contributed by atoms with E-state index in [4.69, 9.17) is 11.5 Å². The molecule has 0 aromatic rings. The molecule has 1 amide bonds. The number of rotatable bonds is 4. The van der Waals surface area contributed by atoms with E-state index < -0.39 is 0 Å². The molecule has 1 aliphatic heterocycles. The Bertz CT molecular complexity index is 222. The normalized spacial score (nSPS) is 23.7. The summed E-state index contributed by atoms with van der Waals surface area (Å²) < 4.78 is 0. The second kappa shape index (κ2) is 4.94. The third kappa shape index (κ3) is 3.47. The molecule has 1 rings (SSSR count). The number of likely N-dealkylation sites (tertiary alicyclic amines) is 1. The Balaban J connectivity index is 2.35. The molecular formula is C11H23N3O. The van der Waals surface area contributed by atoms with Crippen molar-refractivity contribution >= 4 is 5.91 Å². The monoisotopic (exact) mass is 213 g/mol. The van der Waals surface area contributed by atoms with Crippen LogP contribution < -0.4 is 11.5 Å². The summed E-state index contributed by atoms with van der Waals surface area (Å²) >= 11 is 0. The van der Waals surface area contributed by atoms with Crippen molar-refractivity contribution < 1.29 is 4.79 Å². The minimum atomic E-state index is -0.206. The second-order valence-corrected chi connectivity index (χ2v) is 5.12. The number of nitrogens with two attached hydrogens (primary N) is 2. The summed E-state index contributed by atoms with van der Waals surface area (Å²) in [5, 5.41) is 0. The van der Waals surface area contributed by atoms with Crippen molar-refractivity contribution in [2.24, 2.45) is 22.8 Å². The van der Waals surface area contributed by atoms with Gasteiger partial charge >= 0.3 is 0 Å². The molecule has 1 unspecified atom stereocenters. The van der Waals surface area contributed by atoms with Crippen LogP contribution in [-0.4, -0.2) is 37.0 Å². The van der Waals surface area contributed by atoms with E-state index in [1.807, 2.05) is 6.92 Å². The van der Waals surface area contributed by atoms with E-state index in [0.717, 1.165) is 39.0 Å². The van der Waals surface area contributed by atoms with Gasteiger partial charge in [0.25, 0.3) is 0 Å². The van der Waals surface area contributed by atoms with E-state index in [2.05, 4.69) is 11.8 Å². The van der Waals surface area contributed by atoms with Gasteiger partial charge in [0.15, 0.2) is 0 Å². The van der Waals surface area contributed by atoms with Crippen molar-refractivity contribution in [2.75, 3.05) is 26.2 Å². The number of nitrogens with zero attached hydrogens (tertiary/aromatic N) is 1. The van der Waals surface area contributed by atoms with Crippen molar-refractivity contribution in [3.05, 3.63) is 0 Å². The van der Waals surface area contributed by atoms with Crippen LogP contribution >= 0.6 is 0 Å². The lowest BCUT2D eigenvalue weighted by molar-refractivity contribution is -0.122. The quantitative estimate of drug-likeness (QED) is 0.699. The smallest absolute Gasteiger partial charge is 0.221 e. The van der Waals surface area contributed by atoms with Crippen LogP contribution in [-0.2, 0) is 4.79 Å². The molecule has 0 radical (unpaired) electrons. The lowest BCUT2D eigenvalue weighted by Gasteiger charge is -2.39. The van der Waals surface area contributed by atoms with Crippen molar-refractivity contribution in [3.63, 3.8) is 0 Å². The molecule has 4 N–H and O–H groups in total. The summed E-state index contributed by atoms with van der Waals surface area (Å²) in [6.45, 7) is 7.74. The van der Waals surface area contributed by atoms with Crippen LogP contribution in [0.25, 0.3) is 0 Å². The molecule has 1 atom stereocenters. The number of piperidine rings is 1. The third-order valence-electron chi connectivity index (χ3n) is 3.57. The summed E-state index contributed by atoms with van der Waals surface area (Å²) in [5.74, 6) is -0.255. The Morgan fingerprint density at radius 3 is 2.40 bits per heavy atom. The van der Waals surface area contributed by atoms with Gasteiger partial charge in [0, 0.05) is 12.5 Å². The van der Waals surface area contributed by atoms with E-state index in [1.54, 1.807) is 0 Å². The first-order chi connectivity index (χ1) is 6.97. The number of primary amides is 1. The molecule has 1 saturated heterocycles. The summed E-state index contributed by atoms with van der Waals surface area (Å²) in [5.41, 5.74) is 11.3. The second-order valence-electron chi connectivity index (χ2n) is 5.12. The number of amides is 1. The van der Waals surface area contributed by atoms with Gasteiger partial charge in [-0.05, 0) is 37.9 Å². The highest BCUT2D eigenvalue weighted by Gasteiger charge is 2.29. The van der Waals surface area contributed by atoms with E-state index in [0.29, 0.717) is 5.41 Å². The Morgan fingerprint density at radius 2 is 2.00 bits per heavy atom. The van der Waals surface area contributed by atoms with Gasteiger partial charge in [-0.25, -0.2) is 0 Å². The zero-order valence-corrected chi connectivity index (χ0v) is 9.83. The Hall–Kier alpha value is -0.610. The third-order valence-corrected chi connectivity index (χ3v) is 3.57. The molecule has 0 saturated carbocycles. The maximum atomic E-state index is 10.9. The predicted octanol–water partition coefficient (Wildman–Crippen LogP) is 0.169. The van der Waals surface area contributed by atoms with E-state index in [9.17, 15) is 4.79 Å². The van der Waals surface area contributed by atoms with Crippen LogP contribution in [0.1, 0.15) is 26.7 Å². The molecular weight excluding hydrogens is 190 g/mol. The van der Waals surface area contributed by atoms with Gasteiger partial charge in [-0.3, -0.25) is 4.79 Å². The van der Waals surface area contributed by atoms with Gasteiger partial charge in [0.05, 0.1) is 0 Å². The van der Waals surface area contributed by atoms with Crippen molar-refractivity contribution in [1.82, 2.24) is 4.90 Å². The zero-order valence-electron chi connectivity index (χ0n) is 9.83. The fourth-order valence-electron chi connectivity index (χ4n) is 1.96. The number of hydrogen-bond donors (Lipinski definition) is 2. The fourth-order valence-corrected chi connectivity index (χ4v) is 1.96. The molecule has 0 spiro atoms. The van der Waals surface area contributed by atoms with Crippen LogP contribution in [0, 0.1) is 11.3 Å². The maximum Gasteiger partial charge on any atom is 0.221 e. The highest BCUT2D eigenvalue weighted by Crippen LogP contribution is 2.29. The molecule has 88 valence electrons. The topological polar surface area (TPSA) is 72.3 Å². The first-order valence-electron chi connectivity index (χ1n) is 5.68. The predicted molar refractivity (Wildman–Crippen MR) is 61.2 cm³/mol. The molecule has 0 bridgehead atoms. The van der Waals surface area contributed by atoms with Crippen LogP contribution in [0.3, 0.4) is 0 Å². The molecule has 15 heavy (non-hydrogen) atoms. The van der Waals surface area contributed by atoms with Gasteiger partial charge in [0.2, 0.25) is 5.91 Å². The largest absolute Gasteiger partial charge is 0.369 e. The number of hydrogen-bond acceptors (Lipinski definition) is 3. The maximum absolute atomic E-state index is 10.9. The first kappa shape index (κ1) is 12.5. The van der Waals surface area contributed by atoms with Crippen molar-refractivity contribution in [3.8, 4) is 0 Å². The van der Waals surface area contributed by atoms with Crippen LogP contribution in [0.5, 0.6) is 0 Å². The van der Waals surface area contributed by atoms with Crippen molar-refractivity contribution in [2.45, 2.75) is 26.7 Å². The van der Waals surface area contributed by atoms with Crippen LogP contribution in [0.15, 0.2) is 0 Å². The van der Waals surface area contributed by atoms with Gasteiger partial charge in [-0.15, -0.1) is 0 Å². The highest BCUT2D eigenvalue weighted by molar-refractivity contribution is 5.76. The molecule has 0 aliphatic carbocycles. The fraction of sp³-hybridized carbons (Fsp3) is 0.909. The SMILES string of the molecule is CC(CN1CCC(C)(CN)CC1)C(N)=O. The van der Waals surface area contributed by atoms with Gasteiger partial charge in [0.1, 0.15) is 0 Å². The first-order valence-corrected chi connectivity index (χ1v) is 5.68. The van der Waals surface area contributed by atoms with E-state index in [-0.39, 0.29) is 11.8 Å². The lowest BCUT2D eigenvalue weighted by atomic mass is 9.80. The summed E-state index contributed by atoms with van der Waals surface area (Å²) in [6, 6.07) is 0. The minimum absolute atomic E-state index is 0.0489. The minimum Gasteiger partial charge on any atom is -0.369 e. The summed E-state index contributed by atoms with van der Waals surface area (Å²) in [7, 11) is 0. The lowest BCUT2D eigenvalue weighted by Crippen LogP contribution is -2.45. The average Bonchev–Trinajstić information content (AvgIpc) is 2.21. The molecule has 4 heteroatoms. The Labute approximate surface area is 92.0 Å². The van der Waals surface area contributed by atoms with Crippen molar-refractivity contribution in [1.29, 1.82) is 0 Å². The average molecular weight is 213 g/mol. The molecule has 0 aromatic heterocycles. The summed E-state index contributed by atoms with van der Waals surface area (Å²) in [6.07, 6.45) is 2.24. The Kier molecular flexibility index (Phi) is 4.11. The van der Waals surface area contributed by atoms with Crippen LogP contribution in [0.2, 0.25) is 0 Å². The van der Waals surface area contributed by atoms with Gasteiger partial charge < -0.3 is 16.4 Å². The number of carbonyl (C=O) groups excluding carboxylic acids is 1. The molecule has 1 heterocycles. The zero-order chi connectivity index (χ0) is 11.5. The van der Waals surface area contributed by atoms with E-state index >= 15 is 0 Å². The molecule has 4 nitrogen and oxygen atoms in total. The van der Waals surface area contributed by atoms with E-state index in [1.165, 1.54) is 0 Å². The van der Waals surface area contributed by atoms with Gasteiger partial charge in [-0.1, -0.05) is 13.8 Å². The highest BCUT2D eigenvalue weighted by atomic mass is 16.1. The molecule has 0 aromatic carbocycles. The standard InChI is InChI=1S/C11H23N3O/c1-9(10(13)15)7-14-5-3-11(2,8-12)4-6-14/h9H,3-8,12H2,1-2H3,(H2,13,15). The molecule has 1 fully saturated rings. The van der Waals surface area contributed by atoms with Gasteiger partial charge in [-0.2, -0.15) is 0 Å². The molecule has 1 aliphatic rings. The summed E-state index contributed by atoms with van der Waals surface area (Å²) in [4.78, 5) is 13.2. The number of carbonyl (C=O) groups is 1. The van der Waals surface area contributed by atoms with Crippen LogP contribution in [0.4, 0.5) is 0 Å². The Morgan fingerprint density at radius 1 is 1.47 bits per heavy atom.